The van der Waals surface area contributed by atoms with Crippen LogP contribution in [0.15, 0.2) is 12.3 Å². The third kappa shape index (κ3) is 2.59. The van der Waals surface area contributed by atoms with Gasteiger partial charge < -0.3 is 10.4 Å². The van der Waals surface area contributed by atoms with Gasteiger partial charge in [-0.1, -0.05) is 0 Å². The molecule has 0 spiro atoms. The SMILES string of the molecule is Cn1ccc(NCCCO)n1. The van der Waals surface area contributed by atoms with Gasteiger partial charge in [-0.3, -0.25) is 4.68 Å². The zero-order valence-electron chi connectivity index (χ0n) is 6.62. The third-order valence-corrected chi connectivity index (χ3v) is 1.35. The highest BCUT2D eigenvalue weighted by atomic mass is 16.3. The van der Waals surface area contributed by atoms with Gasteiger partial charge in [-0.15, -0.1) is 0 Å². The van der Waals surface area contributed by atoms with E-state index >= 15 is 0 Å². The minimum absolute atomic E-state index is 0.222. The molecule has 0 aliphatic heterocycles. The monoisotopic (exact) mass is 155 g/mol. The Labute approximate surface area is 65.8 Å². The molecule has 0 fully saturated rings. The maximum absolute atomic E-state index is 8.48. The fourth-order valence-electron chi connectivity index (χ4n) is 0.805. The van der Waals surface area contributed by atoms with Crippen molar-refractivity contribution >= 4 is 5.82 Å². The highest BCUT2D eigenvalue weighted by molar-refractivity contribution is 5.31. The summed E-state index contributed by atoms with van der Waals surface area (Å²) in [5.74, 6) is 0.862. The van der Waals surface area contributed by atoms with Crippen molar-refractivity contribution in [3.63, 3.8) is 0 Å². The molecule has 0 radical (unpaired) electrons. The van der Waals surface area contributed by atoms with Crippen LogP contribution in [0.4, 0.5) is 5.82 Å². The lowest BCUT2D eigenvalue weighted by molar-refractivity contribution is 0.292. The van der Waals surface area contributed by atoms with Crippen molar-refractivity contribution in [2.45, 2.75) is 6.42 Å². The van der Waals surface area contributed by atoms with Gasteiger partial charge in [-0.2, -0.15) is 5.10 Å². The summed E-state index contributed by atoms with van der Waals surface area (Å²) in [6.45, 7) is 0.993. The molecule has 1 aromatic rings. The number of hydrogen-bond donors (Lipinski definition) is 2. The van der Waals surface area contributed by atoms with E-state index in [-0.39, 0.29) is 6.61 Å². The Morgan fingerprint density at radius 1 is 1.73 bits per heavy atom. The predicted molar refractivity (Wildman–Crippen MR) is 43.4 cm³/mol. The van der Waals surface area contributed by atoms with Crippen LogP contribution in [0.1, 0.15) is 6.42 Å². The lowest BCUT2D eigenvalue weighted by Gasteiger charge is -1.98. The largest absolute Gasteiger partial charge is 0.396 e. The van der Waals surface area contributed by atoms with E-state index in [1.807, 2.05) is 19.3 Å². The second-order valence-electron chi connectivity index (χ2n) is 2.38. The summed E-state index contributed by atoms with van der Waals surface area (Å²) < 4.78 is 1.74. The fourth-order valence-corrected chi connectivity index (χ4v) is 0.805. The first-order valence-corrected chi connectivity index (χ1v) is 3.67. The molecule has 1 heterocycles. The minimum Gasteiger partial charge on any atom is -0.396 e. The quantitative estimate of drug-likeness (QED) is 0.611. The topological polar surface area (TPSA) is 50.1 Å². The van der Waals surface area contributed by atoms with Gasteiger partial charge in [0.25, 0.3) is 0 Å². The van der Waals surface area contributed by atoms with E-state index in [1.54, 1.807) is 4.68 Å². The van der Waals surface area contributed by atoms with Gasteiger partial charge in [0.15, 0.2) is 0 Å². The van der Waals surface area contributed by atoms with E-state index in [0.29, 0.717) is 0 Å². The Balaban J connectivity index is 2.27. The lowest BCUT2D eigenvalue weighted by Crippen LogP contribution is -2.04. The number of nitrogens with zero attached hydrogens (tertiary/aromatic N) is 2. The number of hydrogen-bond acceptors (Lipinski definition) is 3. The first-order valence-electron chi connectivity index (χ1n) is 3.67. The van der Waals surface area contributed by atoms with Crippen LogP contribution >= 0.6 is 0 Å². The average Bonchev–Trinajstić information content (AvgIpc) is 2.37. The second-order valence-corrected chi connectivity index (χ2v) is 2.38. The Bertz CT molecular complexity index is 209. The number of anilines is 1. The van der Waals surface area contributed by atoms with Crippen LogP contribution < -0.4 is 5.32 Å². The van der Waals surface area contributed by atoms with Crippen molar-refractivity contribution in [2.75, 3.05) is 18.5 Å². The molecular weight excluding hydrogens is 142 g/mol. The molecule has 0 unspecified atom stereocenters. The van der Waals surface area contributed by atoms with Crippen LogP contribution in [0, 0.1) is 0 Å². The zero-order chi connectivity index (χ0) is 8.10. The lowest BCUT2D eigenvalue weighted by atomic mass is 10.4. The molecule has 11 heavy (non-hydrogen) atoms. The Morgan fingerprint density at radius 2 is 2.55 bits per heavy atom. The third-order valence-electron chi connectivity index (χ3n) is 1.35. The van der Waals surface area contributed by atoms with Crippen molar-refractivity contribution in [3.05, 3.63) is 12.3 Å². The van der Waals surface area contributed by atoms with E-state index in [4.69, 9.17) is 5.11 Å². The van der Waals surface area contributed by atoms with Crippen molar-refractivity contribution in [1.29, 1.82) is 0 Å². The standard InChI is InChI=1S/C7H13N3O/c1-10-5-3-7(9-10)8-4-2-6-11/h3,5,11H,2,4,6H2,1H3,(H,8,9). The van der Waals surface area contributed by atoms with Crippen LogP contribution in [-0.4, -0.2) is 28.0 Å². The first-order chi connectivity index (χ1) is 5.33. The van der Waals surface area contributed by atoms with Crippen LogP contribution in [0.25, 0.3) is 0 Å². The maximum atomic E-state index is 8.48. The highest BCUT2D eigenvalue weighted by Crippen LogP contribution is 1.99. The molecule has 0 aliphatic carbocycles. The Hall–Kier alpha value is -1.03. The van der Waals surface area contributed by atoms with Crippen molar-refractivity contribution in [2.24, 2.45) is 7.05 Å². The molecule has 0 saturated carbocycles. The van der Waals surface area contributed by atoms with Gasteiger partial charge in [-0.25, -0.2) is 0 Å². The van der Waals surface area contributed by atoms with Gasteiger partial charge in [0.1, 0.15) is 5.82 Å². The summed E-state index contributed by atoms with van der Waals surface area (Å²) in [7, 11) is 1.87. The predicted octanol–water partition coefficient (Wildman–Crippen LogP) is 0.214. The van der Waals surface area contributed by atoms with E-state index < -0.39 is 0 Å². The van der Waals surface area contributed by atoms with E-state index in [0.717, 1.165) is 18.8 Å². The van der Waals surface area contributed by atoms with Gasteiger partial charge in [0.2, 0.25) is 0 Å². The van der Waals surface area contributed by atoms with E-state index in [9.17, 15) is 0 Å². The van der Waals surface area contributed by atoms with Gasteiger partial charge in [0, 0.05) is 32.5 Å². The van der Waals surface area contributed by atoms with Crippen molar-refractivity contribution in [1.82, 2.24) is 9.78 Å². The molecule has 0 amide bonds. The Morgan fingerprint density at radius 3 is 3.09 bits per heavy atom. The molecule has 0 aromatic carbocycles. The van der Waals surface area contributed by atoms with Crippen molar-refractivity contribution in [3.8, 4) is 0 Å². The number of aryl methyl sites for hydroxylation is 1. The first kappa shape index (κ1) is 8.07. The zero-order valence-corrected chi connectivity index (χ0v) is 6.62. The molecule has 0 bridgehead atoms. The summed E-state index contributed by atoms with van der Waals surface area (Å²) in [5.41, 5.74) is 0. The Kier molecular flexibility index (Phi) is 2.92. The molecular formula is C7H13N3O. The average molecular weight is 155 g/mol. The number of nitrogens with one attached hydrogen (secondary N) is 1. The minimum atomic E-state index is 0.222. The molecule has 4 nitrogen and oxygen atoms in total. The fraction of sp³-hybridized carbons (Fsp3) is 0.571. The van der Waals surface area contributed by atoms with Gasteiger partial charge >= 0.3 is 0 Å². The number of aromatic nitrogens is 2. The van der Waals surface area contributed by atoms with E-state index in [1.165, 1.54) is 0 Å². The molecule has 0 atom stereocenters. The maximum Gasteiger partial charge on any atom is 0.147 e. The van der Waals surface area contributed by atoms with Crippen LogP contribution in [-0.2, 0) is 7.05 Å². The second kappa shape index (κ2) is 3.98. The summed E-state index contributed by atoms with van der Waals surface area (Å²) >= 11 is 0. The van der Waals surface area contributed by atoms with Crippen LogP contribution in [0.2, 0.25) is 0 Å². The van der Waals surface area contributed by atoms with Gasteiger partial charge in [0.05, 0.1) is 0 Å². The normalized spacial score (nSPS) is 10.0. The van der Waals surface area contributed by atoms with Gasteiger partial charge in [-0.05, 0) is 6.42 Å². The molecule has 0 saturated heterocycles. The number of aliphatic hydroxyl groups excluding tert-OH is 1. The van der Waals surface area contributed by atoms with Crippen molar-refractivity contribution < 1.29 is 5.11 Å². The smallest absolute Gasteiger partial charge is 0.147 e. The molecule has 4 heteroatoms. The highest BCUT2D eigenvalue weighted by Gasteiger charge is 1.92. The van der Waals surface area contributed by atoms with Crippen LogP contribution in [0.5, 0.6) is 0 Å². The number of rotatable bonds is 4. The summed E-state index contributed by atoms with van der Waals surface area (Å²) in [5, 5.41) is 15.7. The molecule has 2 N–H and O–H groups in total. The summed E-state index contributed by atoms with van der Waals surface area (Å²) in [4.78, 5) is 0. The molecule has 1 aromatic heterocycles. The summed E-state index contributed by atoms with van der Waals surface area (Å²) in [6, 6.07) is 1.90. The molecule has 62 valence electrons. The molecule has 0 aliphatic rings. The summed E-state index contributed by atoms with van der Waals surface area (Å²) in [6.07, 6.45) is 2.64. The van der Waals surface area contributed by atoms with Crippen LogP contribution in [0.3, 0.4) is 0 Å². The number of aliphatic hydroxyl groups is 1. The van der Waals surface area contributed by atoms with E-state index in [2.05, 4.69) is 10.4 Å². The molecule has 1 rings (SSSR count).